The topological polar surface area (TPSA) is 166 Å². The van der Waals surface area contributed by atoms with Crippen LogP contribution in [0, 0.1) is 0 Å². The highest BCUT2D eigenvalue weighted by Crippen LogP contribution is 2.19. The molecule has 0 bridgehead atoms. The molecule has 1 aromatic heterocycles. The van der Waals surface area contributed by atoms with Gasteiger partial charge in [0.15, 0.2) is 0 Å². The Morgan fingerprint density at radius 3 is 2.55 bits per heavy atom. The van der Waals surface area contributed by atoms with E-state index in [4.69, 9.17) is 5.73 Å². The number of aromatic nitrogens is 1. The molecule has 0 saturated heterocycles. The van der Waals surface area contributed by atoms with Crippen molar-refractivity contribution in [3.05, 3.63) is 36.0 Å². The number of para-hydroxylation sites is 1. The summed E-state index contributed by atoms with van der Waals surface area (Å²) >= 11 is 5.41. The number of thiol groups is 1. The fraction of sp³-hybridized carbons (Fsp3) is 0.429. The molecule has 1 aromatic carbocycles. The molecular weight excluding hydrogens is 466 g/mol. The largest absolute Gasteiger partial charge is 0.480 e. The normalized spacial score (nSPS) is 13.7. The molecule has 0 aliphatic rings. The SMILES string of the molecule is CSCCC(NC(=O)CNC(=O)C(N)CS)C(=O)NC(Cc1c[nH]c2ccccc12)C(=O)O. The van der Waals surface area contributed by atoms with E-state index in [2.05, 4.69) is 33.6 Å². The lowest BCUT2D eigenvalue weighted by molar-refractivity contribution is -0.142. The predicted octanol–water partition coefficient (Wildman–Crippen LogP) is -0.109. The van der Waals surface area contributed by atoms with Crippen LogP contribution in [-0.4, -0.2) is 76.2 Å². The van der Waals surface area contributed by atoms with Gasteiger partial charge in [-0.15, -0.1) is 0 Å². The van der Waals surface area contributed by atoms with Gasteiger partial charge in [0.2, 0.25) is 17.7 Å². The third-order valence-electron chi connectivity index (χ3n) is 4.93. The van der Waals surface area contributed by atoms with Crippen LogP contribution in [0.4, 0.5) is 0 Å². The third-order valence-corrected chi connectivity index (χ3v) is 5.97. The van der Waals surface area contributed by atoms with Crippen LogP contribution in [0.3, 0.4) is 0 Å². The lowest BCUT2D eigenvalue weighted by atomic mass is 10.0. The van der Waals surface area contributed by atoms with Crippen molar-refractivity contribution in [3.63, 3.8) is 0 Å². The highest BCUT2D eigenvalue weighted by atomic mass is 32.2. The summed E-state index contributed by atoms with van der Waals surface area (Å²) in [6.45, 7) is -0.360. The second-order valence-corrected chi connectivity index (χ2v) is 8.72. The lowest BCUT2D eigenvalue weighted by Crippen LogP contribution is -2.54. The van der Waals surface area contributed by atoms with E-state index in [9.17, 15) is 24.3 Å². The number of nitrogens with two attached hydrogens (primary N) is 1. The Balaban J connectivity index is 2.03. The molecule has 0 saturated carbocycles. The molecule has 0 aliphatic carbocycles. The number of H-pyrrole nitrogens is 1. The van der Waals surface area contributed by atoms with Crippen molar-refractivity contribution in [2.45, 2.75) is 31.0 Å². The molecule has 1 heterocycles. The minimum absolute atomic E-state index is 0.0754. The molecule has 0 aliphatic heterocycles. The maximum atomic E-state index is 12.9. The lowest BCUT2D eigenvalue weighted by Gasteiger charge is -2.21. The van der Waals surface area contributed by atoms with Gasteiger partial charge in [0.1, 0.15) is 12.1 Å². The van der Waals surface area contributed by atoms with Gasteiger partial charge in [-0.1, -0.05) is 18.2 Å². The molecule has 0 spiro atoms. The number of rotatable bonds is 13. The van der Waals surface area contributed by atoms with Crippen LogP contribution in [-0.2, 0) is 25.6 Å². The fourth-order valence-corrected chi connectivity index (χ4v) is 3.76. The van der Waals surface area contributed by atoms with Gasteiger partial charge in [0.05, 0.1) is 12.6 Å². The highest BCUT2D eigenvalue weighted by molar-refractivity contribution is 7.98. The van der Waals surface area contributed by atoms with Crippen LogP contribution in [0.2, 0.25) is 0 Å². The van der Waals surface area contributed by atoms with Gasteiger partial charge < -0.3 is 31.8 Å². The highest BCUT2D eigenvalue weighted by Gasteiger charge is 2.27. The zero-order valence-corrected chi connectivity index (χ0v) is 19.9. The van der Waals surface area contributed by atoms with Crippen LogP contribution in [0.1, 0.15) is 12.0 Å². The van der Waals surface area contributed by atoms with Crippen LogP contribution in [0.25, 0.3) is 10.9 Å². The number of nitrogens with one attached hydrogen (secondary N) is 4. The predicted molar refractivity (Wildman–Crippen MR) is 131 cm³/mol. The second kappa shape index (κ2) is 13.1. The van der Waals surface area contributed by atoms with Crippen molar-refractivity contribution < 1.29 is 24.3 Å². The quantitative estimate of drug-likeness (QED) is 0.190. The van der Waals surface area contributed by atoms with Crippen molar-refractivity contribution >= 4 is 59.0 Å². The first kappa shape index (κ1) is 26.6. The molecule has 7 N–H and O–H groups in total. The van der Waals surface area contributed by atoms with Gasteiger partial charge in [-0.05, 0) is 30.1 Å². The molecule has 10 nitrogen and oxygen atoms in total. The number of thioether (sulfide) groups is 1. The van der Waals surface area contributed by atoms with E-state index in [0.29, 0.717) is 12.2 Å². The summed E-state index contributed by atoms with van der Waals surface area (Å²) in [7, 11) is 0. The summed E-state index contributed by atoms with van der Waals surface area (Å²) in [5.74, 6) is -2.22. The van der Waals surface area contributed by atoms with E-state index in [1.165, 1.54) is 11.8 Å². The van der Waals surface area contributed by atoms with E-state index in [-0.39, 0.29) is 18.7 Å². The van der Waals surface area contributed by atoms with Gasteiger partial charge >= 0.3 is 5.97 Å². The summed E-state index contributed by atoms with van der Waals surface area (Å²) in [6, 6.07) is 4.48. The van der Waals surface area contributed by atoms with Crippen LogP contribution in [0.5, 0.6) is 0 Å². The standard InChI is InChI=1S/C21H29N5O5S2/c1-33-7-6-16(25-18(27)10-24-19(28)14(22)11-32)20(29)26-17(21(30)31)8-12-9-23-15-5-3-2-4-13(12)15/h2-5,9,14,16-17,23,32H,6-8,10-11,22H2,1H3,(H,24,28)(H,25,27)(H,26,29)(H,30,31). The number of aliphatic carboxylic acids is 1. The Labute approximate surface area is 201 Å². The summed E-state index contributed by atoms with van der Waals surface area (Å²) in [5, 5.41) is 18.0. The minimum atomic E-state index is -1.18. The van der Waals surface area contributed by atoms with Crippen molar-refractivity contribution in [2.24, 2.45) is 5.73 Å². The van der Waals surface area contributed by atoms with Gasteiger partial charge in [-0.25, -0.2) is 4.79 Å². The van der Waals surface area contributed by atoms with Crippen LogP contribution in [0.15, 0.2) is 30.5 Å². The number of aromatic amines is 1. The summed E-state index contributed by atoms with van der Waals surface area (Å²) in [5.41, 5.74) is 7.17. The third kappa shape index (κ3) is 7.98. The van der Waals surface area contributed by atoms with Crippen molar-refractivity contribution in [1.82, 2.24) is 20.9 Å². The molecule has 180 valence electrons. The molecule has 0 fully saturated rings. The maximum absolute atomic E-state index is 12.9. The number of benzene rings is 1. The first-order valence-electron chi connectivity index (χ1n) is 10.3. The fourth-order valence-electron chi connectivity index (χ4n) is 3.12. The molecule has 3 unspecified atom stereocenters. The van der Waals surface area contributed by atoms with E-state index >= 15 is 0 Å². The molecular formula is C21H29N5O5S2. The number of carbonyl (C=O) groups excluding carboxylic acids is 3. The Morgan fingerprint density at radius 2 is 1.88 bits per heavy atom. The second-order valence-electron chi connectivity index (χ2n) is 7.37. The van der Waals surface area contributed by atoms with Crippen LogP contribution >= 0.6 is 24.4 Å². The first-order valence-corrected chi connectivity index (χ1v) is 12.3. The van der Waals surface area contributed by atoms with E-state index in [1.807, 2.05) is 30.5 Å². The van der Waals surface area contributed by atoms with E-state index < -0.39 is 41.8 Å². The average Bonchev–Trinajstić information content (AvgIpc) is 3.21. The summed E-state index contributed by atoms with van der Waals surface area (Å²) < 4.78 is 0. The Kier molecular flexibility index (Phi) is 10.6. The molecule has 12 heteroatoms. The van der Waals surface area contributed by atoms with Crippen molar-refractivity contribution in [2.75, 3.05) is 24.3 Å². The minimum Gasteiger partial charge on any atom is -0.480 e. The number of hydrogen-bond acceptors (Lipinski definition) is 7. The van der Waals surface area contributed by atoms with Gasteiger partial charge in [-0.3, -0.25) is 14.4 Å². The number of fused-ring (bicyclic) bond motifs is 1. The molecule has 3 atom stereocenters. The van der Waals surface area contributed by atoms with E-state index in [1.54, 1.807) is 6.20 Å². The Morgan fingerprint density at radius 1 is 1.15 bits per heavy atom. The number of carboxylic acid groups (broad SMARTS) is 1. The molecule has 33 heavy (non-hydrogen) atoms. The molecule has 3 amide bonds. The maximum Gasteiger partial charge on any atom is 0.326 e. The first-order chi connectivity index (χ1) is 15.8. The molecule has 2 rings (SSSR count). The Hall–Kier alpha value is -2.70. The monoisotopic (exact) mass is 495 g/mol. The van der Waals surface area contributed by atoms with Gasteiger partial charge in [-0.2, -0.15) is 24.4 Å². The average molecular weight is 496 g/mol. The summed E-state index contributed by atoms with van der Waals surface area (Å²) in [4.78, 5) is 51.8. The van der Waals surface area contributed by atoms with Crippen molar-refractivity contribution in [1.29, 1.82) is 0 Å². The van der Waals surface area contributed by atoms with Crippen molar-refractivity contribution in [3.8, 4) is 0 Å². The number of hydrogen-bond donors (Lipinski definition) is 7. The smallest absolute Gasteiger partial charge is 0.326 e. The molecule has 2 aromatic rings. The zero-order chi connectivity index (χ0) is 24.4. The number of amides is 3. The number of carbonyl (C=O) groups is 4. The zero-order valence-electron chi connectivity index (χ0n) is 18.2. The van der Waals surface area contributed by atoms with Crippen LogP contribution < -0.4 is 21.7 Å². The summed E-state index contributed by atoms with van der Waals surface area (Å²) in [6.07, 6.45) is 3.94. The number of carboxylic acids is 1. The van der Waals surface area contributed by atoms with Gasteiger partial charge in [0, 0.05) is 29.3 Å². The van der Waals surface area contributed by atoms with Gasteiger partial charge in [0.25, 0.3) is 0 Å². The Bertz CT molecular complexity index is 983. The van der Waals surface area contributed by atoms with E-state index in [0.717, 1.165) is 16.5 Å². The molecule has 0 radical (unpaired) electrons.